The minimum atomic E-state index is -2.96. The van der Waals surface area contributed by atoms with E-state index in [1.807, 2.05) is 28.2 Å². The number of halogens is 1. The molecule has 0 aromatic heterocycles. The normalized spacial score (nSPS) is 11.2. The Morgan fingerprint density at radius 2 is 2.00 bits per heavy atom. The van der Waals surface area contributed by atoms with E-state index in [4.69, 9.17) is 9.47 Å². The molecule has 108 valence electrons. The molecule has 0 aliphatic heterocycles. The molecular weight excluding hydrogens is 381 g/mol. The van der Waals surface area contributed by atoms with Gasteiger partial charge in [0.25, 0.3) is 0 Å². The maximum atomic E-state index is 11.2. The van der Waals surface area contributed by atoms with Crippen molar-refractivity contribution in [3.05, 3.63) is 18.2 Å². The molecule has 0 unspecified atom stereocenters. The van der Waals surface area contributed by atoms with Crippen LogP contribution in [0.1, 0.15) is 6.92 Å². The lowest BCUT2D eigenvalue weighted by Gasteiger charge is -2.18. The third-order valence-electron chi connectivity index (χ3n) is 2.39. The summed E-state index contributed by atoms with van der Waals surface area (Å²) in [5.41, 5.74) is 0.883. The van der Waals surface area contributed by atoms with Gasteiger partial charge in [0.1, 0.15) is 9.84 Å². The van der Waals surface area contributed by atoms with Gasteiger partial charge in [-0.25, -0.2) is 8.42 Å². The van der Waals surface area contributed by atoms with Crippen molar-refractivity contribution in [2.24, 2.45) is 0 Å². The minimum Gasteiger partial charge on any atom is -0.493 e. The van der Waals surface area contributed by atoms with E-state index in [0.717, 1.165) is 5.69 Å². The van der Waals surface area contributed by atoms with E-state index in [0.29, 0.717) is 24.7 Å². The van der Waals surface area contributed by atoms with Crippen LogP contribution < -0.4 is 12.6 Å². The number of hydrogen-bond donors (Lipinski definition) is 0. The summed E-state index contributed by atoms with van der Waals surface area (Å²) in [6.07, 6.45) is 1.23. The zero-order valence-electron chi connectivity index (χ0n) is 11.2. The molecule has 0 radical (unpaired) electrons. The highest BCUT2D eigenvalue weighted by Crippen LogP contribution is 2.32. The van der Waals surface area contributed by atoms with Crippen LogP contribution in [0.3, 0.4) is 0 Å². The average Bonchev–Trinajstić information content (AvgIpc) is 2.35. The van der Waals surface area contributed by atoms with E-state index in [9.17, 15) is 8.42 Å². The van der Waals surface area contributed by atoms with Crippen LogP contribution in [0.2, 0.25) is 0 Å². The third kappa shape index (κ3) is 5.43. The Morgan fingerprint density at radius 3 is 2.53 bits per heavy atom. The molecule has 0 atom stereocenters. The average molecular weight is 399 g/mol. The van der Waals surface area contributed by atoms with Crippen molar-refractivity contribution in [1.29, 1.82) is 0 Å². The fourth-order valence-corrected chi connectivity index (χ4v) is 2.84. The predicted molar refractivity (Wildman–Crippen MR) is 85.2 cm³/mol. The summed E-state index contributed by atoms with van der Waals surface area (Å²) < 4.78 is 34.9. The summed E-state index contributed by atoms with van der Waals surface area (Å²) in [6, 6.07) is 5.53. The Hall–Kier alpha value is -0.700. The lowest BCUT2D eigenvalue weighted by molar-refractivity contribution is 0.311. The van der Waals surface area contributed by atoms with Gasteiger partial charge in [0.2, 0.25) is 0 Å². The molecule has 0 aliphatic carbocycles. The van der Waals surface area contributed by atoms with Gasteiger partial charge in [-0.3, -0.25) is 0 Å². The second-order valence-electron chi connectivity index (χ2n) is 3.98. The molecule has 1 aromatic rings. The maximum Gasteiger partial charge on any atom is 0.163 e. The van der Waals surface area contributed by atoms with E-state index in [1.165, 1.54) is 6.26 Å². The highest BCUT2D eigenvalue weighted by atomic mass is 127. The fourth-order valence-electron chi connectivity index (χ4n) is 1.46. The molecule has 1 rings (SSSR count). The van der Waals surface area contributed by atoms with Crippen LogP contribution in [0.4, 0.5) is 5.69 Å². The van der Waals surface area contributed by atoms with Crippen LogP contribution in [0.25, 0.3) is 0 Å². The van der Waals surface area contributed by atoms with Crippen molar-refractivity contribution in [2.75, 3.05) is 35.4 Å². The summed E-state index contributed by atoms with van der Waals surface area (Å²) >= 11 is 2.09. The Morgan fingerprint density at radius 1 is 1.32 bits per heavy atom. The predicted octanol–water partition coefficient (Wildman–Crippen LogP) is 2.29. The molecule has 5 nitrogen and oxygen atoms in total. The molecule has 0 N–H and O–H groups in total. The standard InChI is InChI=1S/C12H18INO4S/c1-4-18-12-9-10(5-6-11(12)17-2)14(13)7-8-19(3,15)16/h5-6,9H,4,7-8H2,1-3H3. The van der Waals surface area contributed by atoms with Gasteiger partial charge in [-0.15, -0.1) is 0 Å². The van der Waals surface area contributed by atoms with Crippen LogP contribution in [0, 0.1) is 0 Å². The van der Waals surface area contributed by atoms with E-state index in [2.05, 4.69) is 22.9 Å². The summed E-state index contributed by atoms with van der Waals surface area (Å²) in [6.45, 7) is 2.87. The number of nitrogens with zero attached hydrogens (tertiary/aromatic N) is 1. The first kappa shape index (κ1) is 16.4. The number of ether oxygens (including phenoxy) is 2. The van der Waals surface area contributed by atoms with Crippen molar-refractivity contribution in [1.82, 2.24) is 0 Å². The van der Waals surface area contributed by atoms with Crippen LogP contribution in [-0.2, 0) is 9.84 Å². The van der Waals surface area contributed by atoms with Crippen molar-refractivity contribution in [2.45, 2.75) is 6.92 Å². The van der Waals surface area contributed by atoms with Gasteiger partial charge in [-0.1, -0.05) is 0 Å². The Bertz CT molecular complexity index is 518. The number of sulfone groups is 1. The first-order valence-corrected chi connectivity index (χ1v) is 8.81. The quantitative estimate of drug-likeness (QED) is 0.520. The lowest BCUT2D eigenvalue weighted by atomic mass is 10.2. The number of methoxy groups -OCH3 is 1. The SMILES string of the molecule is CCOc1cc(N(I)CCS(C)(=O)=O)ccc1OC. The second kappa shape index (κ2) is 7.18. The summed E-state index contributed by atoms with van der Waals surface area (Å²) in [5.74, 6) is 1.44. The second-order valence-corrected chi connectivity index (χ2v) is 7.41. The molecule has 0 amide bonds. The highest BCUT2D eigenvalue weighted by Gasteiger charge is 2.11. The van der Waals surface area contributed by atoms with Gasteiger partial charge in [0, 0.05) is 24.6 Å². The van der Waals surface area contributed by atoms with Crippen LogP contribution in [-0.4, -0.2) is 40.7 Å². The van der Waals surface area contributed by atoms with Crippen LogP contribution in [0.5, 0.6) is 11.5 Å². The van der Waals surface area contributed by atoms with E-state index >= 15 is 0 Å². The maximum absolute atomic E-state index is 11.2. The molecule has 1 aromatic carbocycles. The van der Waals surface area contributed by atoms with Crippen molar-refractivity contribution in [3.63, 3.8) is 0 Å². The molecule has 0 bridgehead atoms. The fraction of sp³-hybridized carbons (Fsp3) is 0.500. The number of hydrogen-bond acceptors (Lipinski definition) is 5. The Kier molecular flexibility index (Phi) is 6.18. The van der Waals surface area contributed by atoms with E-state index < -0.39 is 9.84 Å². The van der Waals surface area contributed by atoms with Crippen LogP contribution >= 0.6 is 22.9 Å². The molecule has 0 spiro atoms. The molecule has 0 fully saturated rings. The highest BCUT2D eigenvalue weighted by molar-refractivity contribution is 14.1. The third-order valence-corrected chi connectivity index (χ3v) is 4.35. The van der Waals surface area contributed by atoms with Gasteiger partial charge in [-0.05, 0) is 19.1 Å². The number of rotatable bonds is 7. The first-order valence-electron chi connectivity index (χ1n) is 5.79. The zero-order valence-corrected chi connectivity index (χ0v) is 14.2. The van der Waals surface area contributed by atoms with Crippen molar-refractivity contribution in [3.8, 4) is 11.5 Å². The smallest absolute Gasteiger partial charge is 0.163 e. The monoisotopic (exact) mass is 399 g/mol. The largest absolute Gasteiger partial charge is 0.493 e. The van der Waals surface area contributed by atoms with Gasteiger partial charge >= 0.3 is 0 Å². The Balaban J connectivity index is 2.85. The zero-order chi connectivity index (χ0) is 14.5. The molecule has 0 saturated heterocycles. The summed E-state index contributed by atoms with van der Waals surface area (Å²) in [7, 11) is -1.38. The molecule has 19 heavy (non-hydrogen) atoms. The van der Waals surface area contributed by atoms with Crippen molar-refractivity contribution >= 4 is 38.4 Å². The van der Waals surface area contributed by atoms with E-state index in [1.54, 1.807) is 7.11 Å². The van der Waals surface area contributed by atoms with Gasteiger partial charge in [-0.2, -0.15) is 0 Å². The molecule has 0 aliphatic rings. The number of anilines is 1. The van der Waals surface area contributed by atoms with Gasteiger partial charge in [0.15, 0.2) is 11.5 Å². The molecule has 0 saturated carbocycles. The summed E-state index contributed by atoms with van der Waals surface area (Å²) in [4.78, 5) is 0. The molecule has 7 heteroatoms. The van der Waals surface area contributed by atoms with Gasteiger partial charge < -0.3 is 12.6 Å². The molecular formula is C12H18INO4S. The lowest BCUT2D eigenvalue weighted by Crippen LogP contribution is -2.19. The van der Waals surface area contributed by atoms with Crippen LogP contribution in [0.15, 0.2) is 18.2 Å². The van der Waals surface area contributed by atoms with Gasteiger partial charge in [0.05, 0.1) is 42.3 Å². The minimum absolute atomic E-state index is 0.117. The number of benzene rings is 1. The first-order chi connectivity index (χ1) is 8.87. The molecule has 0 heterocycles. The Labute approximate surface area is 128 Å². The van der Waals surface area contributed by atoms with E-state index in [-0.39, 0.29) is 5.75 Å². The van der Waals surface area contributed by atoms with Crippen molar-refractivity contribution < 1.29 is 17.9 Å². The summed E-state index contributed by atoms with van der Waals surface area (Å²) in [5, 5.41) is 0. The topological polar surface area (TPSA) is 55.8 Å².